The Bertz CT molecular complexity index is 352. The van der Waals surface area contributed by atoms with Gasteiger partial charge in [0.05, 0.1) is 9.54 Å². The molecule has 1 aromatic heterocycles. The molecular weight excluding hydrogens is 282 g/mol. The molecule has 2 nitrogen and oxygen atoms in total. The number of amides is 1. The normalized spacial score (nSPS) is 22.0. The number of nitrogens with zero attached hydrogens (tertiary/aromatic N) is 1. The number of hydrogen-bond donors (Lipinski definition) is 0. The zero-order chi connectivity index (χ0) is 10.1. The van der Waals surface area contributed by atoms with E-state index in [2.05, 4.69) is 22.0 Å². The van der Waals surface area contributed by atoms with Crippen LogP contribution in [-0.4, -0.2) is 23.1 Å². The lowest BCUT2D eigenvalue weighted by Crippen LogP contribution is -2.27. The van der Waals surface area contributed by atoms with Gasteiger partial charge in [0.2, 0.25) is 5.91 Å². The summed E-state index contributed by atoms with van der Waals surface area (Å²) in [6.07, 6.45) is 0. The molecule has 1 aliphatic heterocycles. The van der Waals surface area contributed by atoms with E-state index < -0.39 is 0 Å². The van der Waals surface area contributed by atoms with Crippen molar-refractivity contribution in [2.24, 2.45) is 0 Å². The molecule has 1 aliphatic rings. The molecule has 2 heterocycles. The largest absolute Gasteiger partial charge is 0.325 e. The van der Waals surface area contributed by atoms with Gasteiger partial charge in [0, 0.05) is 11.4 Å². The second kappa shape index (κ2) is 4.24. The predicted octanol–water partition coefficient (Wildman–Crippen LogP) is 3.10. The maximum atomic E-state index is 11.5. The van der Waals surface area contributed by atoms with Crippen LogP contribution in [0.5, 0.6) is 0 Å². The Morgan fingerprint density at radius 2 is 2.43 bits per heavy atom. The third-order valence-corrected chi connectivity index (χ3v) is 5.21. The topological polar surface area (TPSA) is 20.3 Å². The van der Waals surface area contributed by atoms with Crippen molar-refractivity contribution in [1.82, 2.24) is 4.90 Å². The Morgan fingerprint density at radius 3 is 3.00 bits per heavy atom. The van der Waals surface area contributed by atoms with Crippen molar-refractivity contribution in [2.75, 3.05) is 12.3 Å². The van der Waals surface area contributed by atoms with Gasteiger partial charge in [0.1, 0.15) is 5.37 Å². The molecule has 0 aromatic carbocycles. The van der Waals surface area contributed by atoms with Gasteiger partial charge in [-0.15, -0.1) is 23.1 Å². The maximum Gasteiger partial charge on any atom is 0.233 e. The fourth-order valence-corrected chi connectivity index (χ4v) is 4.42. The zero-order valence-electron chi connectivity index (χ0n) is 7.70. The van der Waals surface area contributed by atoms with Gasteiger partial charge in [-0.1, -0.05) is 0 Å². The lowest BCUT2D eigenvalue weighted by molar-refractivity contribution is -0.127. The van der Waals surface area contributed by atoms with Crippen LogP contribution >= 0.6 is 39.0 Å². The second-order valence-electron chi connectivity index (χ2n) is 2.98. The Kier molecular flexibility index (Phi) is 3.19. The molecule has 0 aliphatic carbocycles. The minimum Gasteiger partial charge on any atom is -0.325 e. The summed E-state index contributed by atoms with van der Waals surface area (Å²) in [7, 11) is 0. The first kappa shape index (κ1) is 10.5. The van der Waals surface area contributed by atoms with E-state index in [0.29, 0.717) is 5.75 Å². The van der Waals surface area contributed by atoms with Crippen molar-refractivity contribution in [1.29, 1.82) is 0 Å². The SMILES string of the molecule is CCN1C(=O)CSC1c1ccc(Br)s1. The Labute approximate surface area is 99.8 Å². The monoisotopic (exact) mass is 291 g/mol. The van der Waals surface area contributed by atoms with E-state index in [-0.39, 0.29) is 11.3 Å². The summed E-state index contributed by atoms with van der Waals surface area (Å²) in [5.74, 6) is 0.876. The van der Waals surface area contributed by atoms with Gasteiger partial charge in [-0.05, 0) is 35.0 Å². The highest BCUT2D eigenvalue weighted by molar-refractivity contribution is 9.11. The second-order valence-corrected chi connectivity index (χ2v) is 6.55. The van der Waals surface area contributed by atoms with Crippen molar-refractivity contribution < 1.29 is 4.79 Å². The molecule has 0 spiro atoms. The predicted molar refractivity (Wildman–Crippen MR) is 64.6 cm³/mol. The van der Waals surface area contributed by atoms with Crippen molar-refractivity contribution in [3.8, 4) is 0 Å². The molecule has 0 radical (unpaired) electrons. The minimum atomic E-state index is 0.240. The summed E-state index contributed by atoms with van der Waals surface area (Å²) in [6.45, 7) is 2.82. The molecule has 1 atom stereocenters. The Morgan fingerprint density at radius 1 is 1.64 bits per heavy atom. The molecule has 14 heavy (non-hydrogen) atoms. The van der Waals surface area contributed by atoms with Crippen LogP contribution in [-0.2, 0) is 4.79 Å². The lowest BCUT2D eigenvalue weighted by Gasteiger charge is -2.20. The number of hydrogen-bond acceptors (Lipinski definition) is 3. The number of rotatable bonds is 2. The van der Waals surface area contributed by atoms with Gasteiger partial charge < -0.3 is 4.90 Å². The zero-order valence-corrected chi connectivity index (χ0v) is 10.9. The molecule has 1 saturated heterocycles. The third-order valence-electron chi connectivity index (χ3n) is 2.15. The summed E-state index contributed by atoms with van der Waals surface area (Å²) in [5, 5.41) is 0.240. The first-order chi connectivity index (χ1) is 6.72. The summed E-state index contributed by atoms with van der Waals surface area (Å²) in [6, 6.07) is 4.13. The molecule has 0 saturated carbocycles. The summed E-state index contributed by atoms with van der Waals surface area (Å²) < 4.78 is 1.13. The average Bonchev–Trinajstić information content (AvgIpc) is 2.71. The fourth-order valence-electron chi connectivity index (χ4n) is 1.49. The van der Waals surface area contributed by atoms with E-state index in [1.54, 1.807) is 23.1 Å². The van der Waals surface area contributed by atoms with E-state index in [1.165, 1.54) is 4.88 Å². The van der Waals surface area contributed by atoms with Crippen LogP contribution in [0, 0.1) is 0 Å². The number of thiophene rings is 1. The van der Waals surface area contributed by atoms with E-state index in [1.807, 2.05) is 17.9 Å². The smallest absolute Gasteiger partial charge is 0.233 e. The standard InChI is InChI=1S/C9H10BrNOS2/c1-2-11-8(12)5-13-9(11)6-3-4-7(10)14-6/h3-4,9H,2,5H2,1H3. The molecule has 76 valence electrons. The van der Waals surface area contributed by atoms with Crippen LogP contribution < -0.4 is 0 Å². The van der Waals surface area contributed by atoms with Crippen LogP contribution in [0.1, 0.15) is 17.2 Å². The van der Waals surface area contributed by atoms with Gasteiger partial charge in [-0.3, -0.25) is 4.79 Å². The number of halogens is 1. The van der Waals surface area contributed by atoms with Gasteiger partial charge in [0.15, 0.2) is 0 Å². The number of carbonyl (C=O) groups excluding carboxylic acids is 1. The van der Waals surface area contributed by atoms with E-state index in [9.17, 15) is 4.79 Å². The highest BCUT2D eigenvalue weighted by Gasteiger charge is 2.32. The van der Waals surface area contributed by atoms with Gasteiger partial charge in [-0.2, -0.15) is 0 Å². The van der Waals surface area contributed by atoms with E-state index >= 15 is 0 Å². The molecule has 1 amide bonds. The lowest BCUT2D eigenvalue weighted by atomic mass is 10.4. The maximum absolute atomic E-state index is 11.5. The highest BCUT2D eigenvalue weighted by Crippen LogP contribution is 2.42. The molecule has 0 N–H and O–H groups in total. The van der Waals surface area contributed by atoms with Gasteiger partial charge in [0.25, 0.3) is 0 Å². The number of thioether (sulfide) groups is 1. The molecule has 5 heteroatoms. The quantitative estimate of drug-likeness (QED) is 0.835. The summed E-state index contributed by atoms with van der Waals surface area (Å²) in [4.78, 5) is 14.7. The highest BCUT2D eigenvalue weighted by atomic mass is 79.9. The summed E-state index contributed by atoms with van der Waals surface area (Å²) in [5.41, 5.74) is 0. The Hall–Kier alpha value is -0.0000000000000000833. The van der Waals surface area contributed by atoms with Crippen LogP contribution in [0.25, 0.3) is 0 Å². The molecule has 2 rings (SSSR count). The van der Waals surface area contributed by atoms with Gasteiger partial charge >= 0.3 is 0 Å². The van der Waals surface area contributed by atoms with Crippen LogP contribution in [0.2, 0.25) is 0 Å². The first-order valence-electron chi connectivity index (χ1n) is 4.38. The fraction of sp³-hybridized carbons (Fsp3) is 0.444. The first-order valence-corrected chi connectivity index (χ1v) is 7.04. The average molecular weight is 292 g/mol. The number of carbonyl (C=O) groups is 1. The molecule has 1 fully saturated rings. The Balaban J connectivity index is 2.22. The van der Waals surface area contributed by atoms with Crippen molar-refractivity contribution in [3.63, 3.8) is 0 Å². The third kappa shape index (κ3) is 1.85. The van der Waals surface area contributed by atoms with Crippen molar-refractivity contribution in [3.05, 3.63) is 20.8 Å². The molecule has 0 bridgehead atoms. The molecule has 1 aromatic rings. The molecular formula is C9H10BrNOS2. The van der Waals surface area contributed by atoms with E-state index in [0.717, 1.165) is 10.3 Å². The van der Waals surface area contributed by atoms with Crippen molar-refractivity contribution in [2.45, 2.75) is 12.3 Å². The van der Waals surface area contributed by atoms with Crippen LogP contribution in [0.4, 0.5) is 0 Å². The molecule has 1 unspecified atom stereocenters. The van der Waals surface area contributed by atoms with Crippen molar-refractivity contribution >= 4 is 44.9 Å². The van der Waals surface area contributed by atoms with Gasteiger partial charge in [-0.25, -0.2) is 0 Å². The minimum absolute atomic E-state index is 0.240. The van der Waals surface area contributed by atoms with Crippen LogP contribution in [0.15, 0.2) is 15.9 Å². The van der Waals surface area contributed by atoms with Crippen LogP contribution in [0.3, 0.4) is 0 Å². The van der Waals surface area contributed by atoms with E-state index in [4.69, 9.17) is 0 Å². The summed E-state index contributed by atoms with van der Waals surface area (Å²) >= 11 is 6.87.